The third-order valence-corrected chi connectivity index (χ3v) is 4.04. The van der Waals surface area contributed by atoms with E-state index in [1.807, 2.05) is 73.7 Å². The molecule has 4 rings (SSSR count). The minimum atomic E-state index is -0.458. The Bertz CT molecular complexity index is 1100. The summed E-state index contributed by atoms with van der Waals surface area (Å²) in [5, 5.41) is 8.96. The third kappa shape index (κ3) is 3.77. The number of benzene rings is 3. The fraction of sp³-hybridized carbons (Fsp3) is 0.0455. The van der Waals surface area contributed by atoms with Crippen LogP contribution >= 0.6 is 0 Å². The molecular formula is C22H17N3O2. The lowest BCUT2D eigenvalue weighted by atomic mass is 10.2. The van der Waals surface area contributed by atoms with Crippen LogP contribution in [0.4, 0.5) is 0 Å². The number of esters is 1. The first-order valence-electron chi connectivity index (χ1n) is 8.57. The Labute approximate surface area is 156 Å². The number of rotatable bonds is 4. The van der Waals surface area contributed by atoms with E-state index in [4.69, 9.17) is 4.74 Å². The molecule has 0 spiro atoms. The van der Waals surface area contributed by atoms with Crippen molar-refractivity contribution >= 4 is 23.1 Å². The second-order valence-electron chi connectivity index (χ2n) is 6.11. The molecule has 0 fully saturated rings. The lowest BCUT2D eigenvalue weighted by Crippen LogP contribution is -2.08. The van der Waals surface area contributed by atoms with Crippen LogP contribution in [0.25, 0.3) is 22.8 Å². The summed E-state index contributed by atoms with van der Waals surface area (Å²) in [6, 6.07) is 22.7. The second kappa shape index (κ2) is 7.25. The van der Waals surface area contributed by atoms with E-state index >= 15 is 0 Å². The molecule has 0 saturated carbocycles. The van der Waals surface area contributed by atoms with Gasteiger partial charge in [0.05, 0.1) is 0 Å². The smallest absolute Gasteiger partial charge is 0.336 e. The topological polar surface area (TPSA) is 57.0 Å². The number of hydrogen-bond acceptors (Lipinski definition) is 4. The van der Waals surface area contributed by atoms with Crippen molar-refractivity contribution < 1.29 is 9.53 Å². The summed E-state index contributed by atoms with van der Waals surface area (Å²) < 4.78 is 5.55. The highest BCUT2D eigenvalue weighted by Gasteiger charge is 2.13. The van der Waals surface area contributed by atoms with Gasteiger partial charge in [0.15, 0.2) is 5.75 Å². The first kappa shape index (κ1) is 16.7. The van der Waals surface area contributed by atoms with Crippen molar-refractivity contribution in [2.45, 2.75) is 6.92 Å². The Hall–Kier alpha value is -3.73. The van der Waals surface area contributed by atoms with Crippen LogP contribution in [0, 0.1) is 6.92 Å². The van der Waals surface area contributed by atoms with Crippen LogP contribution in [0.15, 0.2) is 78.9 Å². The molecule has 0 atom stereocenters. The molecule has 0 amide bonds. The molecule has 0 saturated heterocycles. The average molecular weight is 355 g/mol. The summed E-state index contributed by atoms with van der Waals surface area (Å²) in [6.45, 7) is 1.97. The number of carbonyl (C=O) groups is 1. The molecule has 132 valence electrons. The van der Waals surface area contributed by atoms with Gasteiger partial charge in [0.25, 0.3) is 0 Å². The fourth-order valence-electron chi connectivity index (χ4n) is 2.71. The van der Waals surface area contributed by atoms with Gasteiger partial charge in [-0.3, -0.25) is 0 Å². The fourth-order valence-corrected chi connectivity index (χ4v) is 2.71. The van der Waals surface area contributed by atoms with Gasteiger partial charge >= 0.3 is 5.97 Å². The predicted octanol–water partition coefficient (Wildman–Crippen LogP) is 4.35. The Morgan fingerprint density at radius 1 is 0.926 bits per heavy atom. The van der Waals surface area contributed by atoms with Gasteiger partial charge in [0.1, 0.15) is 16.7 Å². The molecule has 0 aliphatic rings. The van der Waals surface area contributed by atoms with Gasteiger partial charge in [-0.25, -0.2) is 4.79 Å². The quantitative estimate of drug-likeness (QED) is 0.310. The van der Waals surface area contributed by atoms with Crippen LogP contribution in [0.1, 0.15) is 11.1 Å². The average Bonchev–Trinajstić information content (AvgIpc) is 3.12. The maximum atomic E-state index is 12.3. The van der Waals surface area contributed by atoms with Gasteiger partial charge in [-0.2, -0.15) is 0 Å². The van der Waals surface area contributed by atoms with Gasteiger partial charge in [0.2, 0.25) is 0 Å². The van der Waals surface area contributed by atoms with Crippen LogP contribution in [0.3, 0.4) is 0 Å². The first-order chi connectivity index (χ1) is 13.2. The lowest BCUT2D eigenvalue weighted by molar-refractivity contribution is -0.128. The minimum Gasteiger partial charge on any atom is -0.421 e. The molecule has 0 radical (unpaired) electrons. The van der Waals surface area contributed by atoms with Crippen LogP contribution in [0.2, 0.25) is 0 Å². The molecule has 0 N–H and O–H groups in total. The summed E-state index contributed by atoms with van der Waals surface area (Å²) >= 11 is 0. The van der Waals surface area contributed by atoms with Crippen molar-refractivity contribution in [2.24, 2.45) is 0 Å². The number of nitrogens with zero attached hydrogens (tertiary/aromatic N) is 3. The van der Waals surface area contributed by atoms with E-state index in [1.165, 1.54) is 10.9 Å². The molecular weight excluding hydrogens is 338 g/mol. The molecule has 27 heavy (non-hydrogen) atoms. The van der Waals surface area contributed by atoms with Gasteiger partial charge in [0, 0.05) is 6.08 Å². The number of hydrogen-bond donors (Lipinski definition) is 0. The number of aryl methyl sites for hydroxylation is 1. The summed E-state index contributed by atoms with van der Waals surface area (Å²) in [5.41, 5.74) is 4.12. The van der Waals surface area contributed by atoms with Crippen molar-refractivity contribution in [1.29, 1.82) is 0 Å². The third-order valence-electron chi connectivity index (χ3n) is 4.04. The maximum absolute atomic E-state index is 12.3. The van der Waals surface area contributed by atoms with Crippen molar-refractivity contribution in [3.05, 3.63) is 90.0 Å². The highest BCUT2D eigenvalue weighted by molar-refractivity contribution is 5.89. The highest BCUT2D eigenvalue weighted by Crippen LogP contribution is 2.24. The standard InChI is InChI=1S/C22H17N3O2/c1-16-11-13-21(27-22(26)14-12-17-7-3-2-4-8-17)20(15-16)25-23-18-9-5-6-10-19(18)24-25/h2-15H,1H3. The highest BCUT2D eigenvalue weighted by atomic mass is 16.5. The SMILES string of the molecule is Cc1ccc(OC(=O)C=Cc2ccccc2)c(-n2nc3ccccc3n2)c1. The molecule has 1 heterocycles. The molecule has 0 aliphatic carbocycles. The van der Waals surface area contributed by atoms with Crippen LogP contribution in [-0.2, 0) is 4.79 Å². The van der Waals surface area contributed by atoms with E-state index in [9.17, 15) is 4.79 Å². The van der Waals surface area contributed by atoms with Crippen molar-refractivity contribution in [1.82, 2.24) is 15.0 Å². The molecule has 4 aromatic rings. The molecule has 0 unspecified atom stereocenters. The van der Waals surface area contributed by atoms with Crippen LogP contribution in [-0.4, -0.2) is 21.0 Å². The Kier molecular flexibility index (Phi) is 4.49. The zero-order chi connectivity index (χ0) is 18.6. The molecule has 3 aromatic carbocycles. The number of aromatic nitrogens is 3. The first-order valence-corrected chi connectivity index (χ1v) is 8.57. The van der Waals surface area contributed by atoms with Crippen molar-refractivity contribution in [3.8, 4) is 11.4 Å². The Balaban J connectivity index is 1.63. The molecule has 5 nitrogen and oxygen atoms in total. The van der Waals surface area contributed by atoms with Gasteiger partial charge < -0.3 is 4.74 Å². The lowest BCUT2D eigenvalue weighted by Gasteiger charge is -2.09. The molecule has 1 aromatic heterocycles. The van der Waals surface area contributed by atoms with E-state index in [0.29, 0.717) is 11.4 Å². The van der Waals surface area contributed by atoms with E-state index < -0.39 is 5.97 Å². The minimum absolute atomic E-state index is 0.406. The van der Waals surface area contributed by atoms with Crippen molar-refractivity contribution in [3.63, 3.8) is 0 Å². The zero-order valence-corrected chi connectivity index (χ0v) is 14.7. The van der Waals surface area contributed by atoms with Crippen molar-refractivity contribution in [2.75, 3.05) is 0 Å². The summed E-state index contributed by atoms with van der Waals surface area (Å²) in [5.74, 6) is -0.0516. The van der Waals surface area contributed by atoms with E-state index in [0.717, 1.165) is 22.2 Å². The van der Waals surface area contributed by atoms with E-state index in [-0.39, 0.29) is 0 Å². The molecule has 0 aliphatic heterocycles. The van der Waals surface area contributed by atoms with Gasteiger partial charge in [-0.1, -0.05) is 48.5 Å². The molecule has 5 heteroatoms. The second-order valence-corrected chi connectivity index (χ2v) is 6.11. The van der Waals surface area contributed by atoms with E-state index in [2.05, 4.69) is 10.2 Å². The van der Waals surface area contributed by atoms with Gasteiger partial charge in [-0.15, -0.1) is 15.0 Å². The van der Waals surface area contributed by atoms with Gasteiger partial charge in [-0.05, 0) is 48.4 Å². The predicted molar refractivity (Wildman–Crippen MR) is 105 cm³/mol. The molecule has 0 bridgehead atoms. The number of fused-ring (bicyclic) bond motifs is 1. The Morgan fingerprint density at radius 2 is 1.59 bits per heavy atom. The van der Waals surface area contributed by atoms with E-state index in [1.54, 1.807) is 12.1 Å². The number of carbonyl (C=O) groups excluding carboxylic acids is 1. The largest absolute Gasteiger partial charge is 0.421 e. The van der Waals surface area contributed by atoms with Crippen LogP contribution < -0.4 is 4.74 Å². The summed E-state index contributed by atoms with van der Waals surface area (Å²) in [6.07, 6.45) is 3.13. The Morgan fingerprint density at radius 3 is 2.30 bits per heavy atom. The summed E-state index contributed by atoms with van der Waals surface area (Å²) in [7, 11) is 0. The zero-order valence-electron chi connectivity index (χ0n) is 14.7. The maximum Gasteiger partial charge on any atom is 0.336 e. The normalized spacial score (nSPS) is 11.1. The summed E-state index contributed by atoms with van der Waals surface area (Å²) in [4.78, 5) is 13.8. The number of ether oxygens (including phenoxy) is 1. The monoisotopic (exact) mass is 355 g/mol. The van der Waals surface area contributed by atoms with Crippen LogP contribution in [0.5, 0.6) is 5.75 Å².